The van der Waals surface area contributed by atoms with Crippen molar-refractivity contribution in [2.45, 2.75) is 39.7 Å². The fourth-order valence-corrected chi connectivity index (χ4v) is 0.814. The van der Waals surface area contributed by atoms with Gasteiger partial charge in [-0.05, 0) is 20.3 Å². The van der Waals surface area contributed by atoms with Crippen LogP contribution in [-0.4, -0.2) is 17.2 Å². The molecule has 1 amide bonds. The summed E-state index contributed by atoms with van der Waals surface area (Å²) < 4.78 is 0. The highest BCUT2D eigenvalue weighted by Gasteiger charge is 2.27. The van der Waals surface area contributed by atoms with Crippen LogP contribution in [0.25, 0.3) is 0 Å². The van der Waals surface area contributed by atoms with Crippen LogP contribution in [0.2, 0.25) is 0 Å². The lowest BCUT2D eigenvalue weighted by molar-refractivity contribution is -0.129. The van der Waals surface area contributed by atoms with Crippen LogP contribution < -0.4 is 5.32 Å². The third kappa shape index (κ3) is 2.70. The fourth-order valence-electron chi connectivity index (χ4n) is 0.814. The van der Waals surface area contributed by atoms with Crippen LogP contribution >= 0.6 is 0 Å². The Labute approximate surface area is 67.2 Å². The average molecular weight is 157 g/mol. The SMILES string of the molecule is CCC(C)(NC(C)=O)C(C)=O. The third-order valence-corrected chi connectivity index (χ3v) is 1.94. The lowest BCUT2D eigenvalue weighted by atomic mass is 9.94. The summed E-state index contributed by atoms with van der Waals surface area (Å²) in [5, 5.41) is 2.62. The van der Waals surface area contributed by atoms with Crippen molar-refractivity contribution >= 4 is 11.7 Å². The molecule has 0 aromatic heterocycles. The maximum atomic E-state index is 11.0. The smallest absolute Gasteiger partial charge is 0.217 e. The number of amides is 1. The van der Waals surface area contributed by atoms with Crippen LogP contribution in [0.4, 0.5) is 0 Å². The zero-order valence-electron chi connectivity index (χ0n) is 7.52. The molecule has 0 saturated carbocycles. The number of ketones is 1. The first-order valence-corrected chi connectivity index (χ1v) is 3.72. The minimum atomic E-state index is -0.675. The second-order valence-corrected chi connectivity index (χ2v) is 2.92. The van der Waals surface area contributed by atoms with Crippen molar-refractivity contribution in [3.8, 4) is 0 Å². The van der Waals surface area contributed by atoms with Gasteiger partial charge in [-0.2, -0.15) is 0 Å². The van der Waals surface area contributed by atoms with Crippen molar-refractivity contribution in [1.29, 1.82) is 0 Å². The van der Waals surface area contributed by atoms with Gasteiger partial charge in [-0.15, -0.1) is 0 Å². The van der Waals surface area contributed by atoms with Crippen LogP contribution in [0.3, 0.4) is 0 Å². The largest absolute Gasteiger partial charge is 0.344 e. The van der Waals surface area contributed by atoms with E-state index < -0.39 is 5.54 Å². The lowest BCUT2D eigenvalue weighted by Crippen LogP contribution is -2.49. The Morgan fingerprint density at radius 3 is 1.91 bits per heavy atom. The molecule has 0 saturated heterocycles. The first-order chi connectivity index (χ1) is 4.92. The second-order valence-electron chi connectivity index (χ2n) is 2.92. The third-order valence-electron chi connectivity index (χ3n) is 1.94. The zero-order valence-corrected chi connectivity index (χ0v) is 7.52. The van der Waals surface area contributed by atoms with Gasteiger partial charge in [0, 0.05) is 6.92 Å². The normalized spacial score (nSPS) is 15.3. The molecule has 11 heavy (non-hydrogen) atoms. The Kier molecular flexibility index (Phi) is 3.23. The summed E-state index contributed by atoms with van der Waals surface area (Å²) in [4.78, 5) is 21.7. The highest BCUT2D eigenvalue weighted by Crippen LogP contribution is 2.09. The van der Waals surface area contributed by atoms with Crippen molar-refractivity contribution in [3.05, 3.63) is 0 Å². The summed E-state index contributed by atoms with van der Waals surface area (Å²) >= 11 is 0. The quantitative estimate of drug-likeness (QED) is 0.661. The van der Waals surface area contributed by atoms with E-state index in [2.05, 4.69) is 5.32 Å². The molecule has 0 aromatic carbocycles. The highest BCUT2D eigenvalue weighted by molar-refractivity contribution is 5.90. The standard InChI is InChI=1S/C8H15NO2/c1-5-8(4,6(2)10)9-7(3)11/h5H2,1-4H3,(H,9,11). The second kappa shape index (κ2) is 3.51. The number of carbonyl (C=O) groups is 2. The number of nitrogens with one attached hydrogen (secondary N) is 1. The van der Waals surface area contributed by atoms with Gasteiger partial charge < -0.3 is 5.32 Å². The molecule has 0 fully saturated rings. The summed E-state index contributed by atoms with van der Waals surface area (Å²) in [6.07, 6.45) is 0.627. The molecule has 0 aliphatic heterocycles. The first kappa shape index (κ1) is 10.1. The van der Waals surface area contributed by atoms with E-state index in [0.717, 1.165) is 0 Å². The maximum absolute atomic E-state index is 11.0. The highest BCUT2D eigenvalue weighted by atomic mass is 16.2. The van der Waals surface area contributed by atoms with Crippen molar-refractivity contribution in [2.24, 2.45) is 0 Å². The molecule has 0 heterocycles. The van der Waals surface area contributed by atoms with E-state index in [4.69, 9.17) is 0 Å². The van der Waals surface area contributed by atoms with E-state index in [1.807, 2.05) is 6.92 Å². The molecule has 0 bridgehead atoms. The maximum Gasteiger partial charge on any atom is 0.217 e. The Bertz CT molecular complexity index is 177. The Balaban J connectivity index is 4.34. The molecule has 0 spiro atoms. The minimum Gasteiger partial charge on any atom is -0.344 e. The molecule has 0 aliphatic rings. The molecule has 1 unspecified atom stereocenters. The van der Waals surface area contributed by atoms with Gasteiger partial charge in [0.05, 0.1) is 5.54 Å². The molecular formula is C8H15NO2. The van der Waals surface area contributed by atoms with E-state index in [1.165, 1.54) is 13.8 Å². The van der Waals surface area contributed by atoms with E-state index in [-0.39, 0.29) is 11.7 Å². The number of Topliss-reactive ketones (excluding diaryl/α,β-unsaturated/α-hetero) is 1. The lowest BCUT2D eigenvalue weighted by Gasteiger charge is -2.25. The van der Waals surface area contributed by atoms with Crippen LogP contribution in [0.1, 0.15) is 34.1 Å². The topological polar surface area (TPSA) is 46.2 Å². The van der Waals surface area contributed by atoms with Crippen molar-refractivity contribution < 1.29 is 9.59 Å². The number of hydrogen-bond acceptors (Lipinski definition) is 2. The molecule has 3 nitrogen and oxygen atoms in total. The monoisotopic (exact) mass is 157 g/mol. The van der Waals surface area contributed by atoms with Gasteiger partial charge in [0.1, 0.15) is 0 Å². The van der Waals surface area contributed by atoms with E-state index in [1.54, 1.807) is 6.92 Å². The summed E-state index contributed by atoms with van der Waals surface area (Å²) in [5.41, 5.74) is -0.675. The number of carbonyl (C=O) groups excluding carboxylic acids is 2. The van der Waals surface area contributed by atoms with Gasteiger partial charge in [0.2, 0.25) is 5.91 Å². The summed E-state index contributed by atoms with van der Waals surface area (Å²) in [6.45, 7) is 6.50. The molecule has 1 N–H and O–H groups in total. The van der Waals surface area contributed by atoms with Gasteiger partial charge in [0.15, 0.2) is 5.78 Å². The van der Waals surface area contributed by atoms with Crippen molar-refractivity contribution in [1.82, 2.24) is 5.32 Å². The number of hydrogen-bond donors (Lipinski definition) is 1. The van der Waals surface area contributed by atoms with Gasteiger partial charge in [-0.25, -0.2) is 0 Å². The van der Waals surface area contributed by atoms with Crippen LogP contribution in [0, 0.1) is 0 Å². The van der Waals surface area contributed by atoms with Gasteiger partial charge >= 0.3 is 0 Å². The van der Waals surface area contributed by atoms with Gasteiger partial charge in [0.25, 0.3) is 0 Å². The van der Waals surface area contributed by atoms with E-state index >= 15 is 0 Å². The predicted octanol–water partition coefficient (Wildman–Crippen LogP) is 0.880. The summed E-state index contributed by atoms with van der Waals surface area (Å²) in [6, 6.07) is 0. The Morgan fingerprint density at radius 2 is 1.82 bits per heavy atom. The Hall–Kier alpha value is -0.860. The van der Waals surface area contributed by atoms with Gasteiger partial charge in [-0.1, -0.05) is 6.92 Å². The van der Waals surface area contributed by atoms with Crippen LogP contribution in [-0.2, 0) is 9.59 Å². The molecule has 0 radical (unpaired) electrons. The molecule has 3 heteroatoms. The van der Waals surface area contributed by atoms with E-state index in [9.17, 15) is 9.59 Å². The Morgan fingerprint density at radius 1 is 1.36 bits per heavy atom. The molecule has 64 valence electrons. The molecule has 1 atom stereocenters. The zero-order chi connectivity index (χ0) is 9.07. The summed E-state index contributed by atoms with van der Waals surface area (Å²) in [7, 11) is 0. The van der Waals surface area contributed by atoms with Crippen molar-refractivity contribution in [3.63, 3.8) is 0 Å². The average Bonchev–Trinajstić information content (AvgIpc) is 1.86. The van der Waals surface area contributed by atoms with Crippen molar-refractivity contribution in [2.75, 3.05) is 0 Å². The molecule has 0 rings (SSSR count). The van der Waals surface area contributed by atoms with Crippen LogP contribution in [0.5, 0.6) is 0 Å². The molecule has 0 aliphatic carbocycles. The van der Waals surface area contributed by atoms with Gasteiger partial charge in [-0.3, -0.25) is 9.59 Å². The molecule has 0 aromatic rings. The van der Waals surface area contributed by atoms with Crippen LogP contribution in [0.15, 0.2) is 0 Å². The number of rotatable bonds is 3. The summed E-state index contributed by atoms with van der Waals surface area (Å²) in [5.74, 6) is -0.167. The molecular weight excluding hydrogens is 142 g/mol. The van der Waals surface area contributed by atoms with E-state index in [0.29, 0.717) is 6.42 Å². The predicted molar refractivity (Wildman–Crippen MR) is 43.2 cm³/mol. The first-order valence-electron chi connectivity index (χ1n) is 3.72. The fraction of sp³-hybridized carbons (Fsp3) is 0.750. The minimum absolute atomic E-state index is 0.00444.